The fourth-order valence-corrected chi connectivity index (χ4v) is 1.41. The zero-order valence-corrected chi connectivity index (χ0v) is 10.8. The number of amides is 2. The Kier molecular flexibility index (Phi) is 9.37. The summed E-state index contributed by atoms with van der Waals surface area (Å²) in [5.74, 6) is -0.499. The third-order valence-corrected chi connectivity index (χ3v) is 2.37. The highest BCUT2D eigenvalue weighted by atomic mass is 16.2. The van der Waals surface area contributed by atoms with Crippen molar-refractivity contribution in [1.29, 1.82) is 0 Å². The Balaban J connectivity index is 3.59. The third kappa shape index (κ3) is 8.65. The van der Waals surface area contributed by atoms with E-state index in [9.17, 15) is 9.59 Å². The molecule has 0 aromatic rings. The van der Waals surface area contributed by atoms with E-state index in [1.807, 2.05) is 0 Å². The lowest BCUT2D eigenvalue weighted by atomic mass is 10.4. The zero-order valence-electron chi connectivity index (χ0n) is 10.8. The van der Waals surface area contributed by atoms with Crippen LogP contribution in [0.2, 0.25) is 0 Å². The molecule has 0 radical (unpaired) electrons. The minimum Gasteiger partial charge on any atom is -0.353 e. The molecule has 0 spiro atoms. The van der Waals surface area contributed by atoms with Crippen LogP contribution in [0.15, 0.2) is 0 Å². The number of likely N-dealkylation sites (N-methyl/N-ethyl adjacent to an activating group) is 1. The molecule has 0 bridgehead atoms. The Morgan fingerprint density at radius 1 is 1.12 bits per heavy atom. The van der Waals surface area contributed by atoms with E-state index in [4.69, 9.17) is 5.73 Å². The normalized spacial score (nSPS) is 10.4. The Bertz CT molecular complexity index is 234. The van der Waals surface area contributed by atoms with E-state index in [2.05, 4.69) is 29.4 Å². The standard InChI is InChI=1S/C11H24N4O2/c1-3-6-15(4-2)7-5-13-11(17)9-14-10(16)8-12/h3-9,12H2,1-2H3,(H,13,17)(H,14,16). The van der Waals surface area contributed by atoms with Gasteiger partial charge in [-0.05, 0) is 19.5 Å². The SMILES string of the molecule is CCCN(CC)CCNC(=O)CNC(=O)CN. The molecular formula is C11H24N4O2. The van der Waals surface area contributed by atoms with Gasteiger partial charge in [-0.1, -0.05) is 13.8 Å². The predicted molar refractivity (Wildman–Crippen MR) is 67.5 cm³/mol. The van der Waals surface area contributed by atoms with E-state index < -0.39 is 0 Å². The van der Waals surface area contributed by atoms with Crippen molar-refractivity contribution >= 4 is 11.8 Å². The van der Waals surface area contributed by atoms with Crippen molar-refractivity contribution < 1.29 is 9.59 Å². The van der Waals surface area contributed by atoms with Crippen LogP contribution in [0.1, 0.15) is 20.3 Å². The maximum atomic E-state index is 11.3. The molecule has 0 aromatic heterocycles. The molecule has 17 heavy (non-hydrogen) atoms. The second-order valence-corrected chi connectivity index (χ2v) is 3.77. The van der Waals surface area contributed by atoms with Crippen molar-refractivity contribution in [3.8, 4) is 0 Å². The van der Waals surface area contributed by atoms with E-state index in [-0.39, 0.29) is 24.9 Å². The lowest BCUT2D eigenvalue weighted by Crippen LogP contribution is -2.42. The Labute approximate surface area is 103 Å². The number of nitrogens with two attached hydrogens (primary N) is 1. The van der Waals surface area contributed by atoms with E-state index in [1.165, 1.54) is 0 Å². The van der Waals surface area contributed by atoms with Gasteiger partial charge >= 0.3 is 0 Å². The summed E-state index contributed by atoms with van der Waals surface area (Å²) in [4.78, 5) is 24.4. The number of carbonyl (C=O) groups is 2. The molecule has 0 saturated carbocycles. The molecule has 6 heteroatoms. The number of hydrogen-bond acceptors (Lipinski definition) is 4. The van der Waals surface area contributed by atoms with E-state index in [0.717, 1.165) is 26.1 Å². The molecule has 0 unspecified atom stereocenters. The zero-order chi connectivity index (χ0) is 13.1. The van der Waals surface area contributed by atoms with Gasteiger partial charge in [-0.3, -0.25) is 9.59 Å². The molecular weight excluding hydrogens is 220 g/mol. The maximum absolute atomic E-state index is 11.3. The summed E-state index contributed by atoms with van der Waals surface area (Å²) in [6, 6.07) is 0. The quantitative estimate of drug-likeness (QED) is 0.481. The minimum atomic E-state index is -0.318. The average molecular weight is 244 g/mol. The van der Waals surface area contributed by atoms with Gasteiger partial charge in [-0.25, -0.2) is 0 Å². The molecule has 0 aliphatic rings. The summed E-state index contributed by atoms with van der Waals surface area (Å²) >= 11 is 0. The van der Waals surface area contributed by atoms with Gasteiger partial charge < -0.3 is 21.3 Å². The Morgan fingerprint density at radius 2 is 1.82 bits per heavy atom. The maximum Gasteiger partial charge on any atom is 0.239 e. The summed E-state index contributed by atoms with van der Waals surface area (Å²) in [7, 11) is 0. The van der Waals surface area contributed by atoms with Gasteiger partial charge in [0.15, 0.2) is 0 Å². The van der Waals surface area contributed by atoms with Crippen molar-refractivity contribution in [2.24, 2.45) is 5.73 Å². The molecule has 6 nitrogen and oxygen atoms in total. The smallest absolute Gasteiger partial charge is 0.239 e. The highest BCUT2D eigenvalue weighted by Crippen LogP contribution is 1.88. The highest BCUT2D eigenvalue weighted by Gasteiger charge is 2.04. The molecule has 100 valence electrons. The van der Waals surface area contributed by atoms with Gasteiger partial charge in [0, 0.05) is 13.1 Å². The van der Waals surface area contributed by atoms with Crippen molar-refractivity contribution in [3.05, 3.63) is 0 Å². The first-order valence-corrected chi connectivity index (χ1v) is 6.09. The molecule has 0 aliphatic carbocycles. The first-order valence-electron chi connectivity index (χ1n) is 6.09. The lowest BCUT2D eigenvalue weighted by Gasteiger charge is -2.19. The monoisotopic (exact) mass is 244 g/mol. The molecule has 4 N–H and O–H groups in total. The lowest BCUT2D eigenvalue weighted by molar-refractivity contribution is -0.125. The molecule has 0 atom stereocenters. The first kappa shape index (κ1) is 15.9. The van der Waals surface area contributed by atoms with Crippen LogP contribution in [-0.4, -0.2) is 56.0 Å². The number of carbonyl (C=O) groups excluding carboxylic acids is 2. The third-order valence-electron chi connectivity index (χ3n) is 2.37. The topological polar surface area (TPSA) is 87.5 Å². The van der Waals surface area contributed by atoms with Gasteiger partial charge in [0.1, 0.15) is 0 Å². The fourth-order valence-electron chi connectivity index (χ4n) is 1.41. The summed E-state index contributed by atoms with van der Waals surface area (Å²) in [5, 5.41) is 5.17. The van der Waals surface area contributed by atoms with Crippen molar-refractivity contribution in [3.63, 3.8) is 0 Å². The van der Waals surface area contributed by atoms with Crippen molar-refractivity contribution in [2.75, 3.05) is 39.3 Å². The molecule has 0 aliphatic heterocycles. The van der Waals surface area contributed by atoms with Gasteiger partial charge in [-0.15, -0.1) is 0 Å². The van der Waals surface area contributed by atoms with Crippen LogP contribution < -0.4 is 16.4 Å². The van der Waals surface area contributed by atoms with Crippen LogP contribution in [0.25, 0.3) is 0 Å². The van der Waals surface area contributed by atoms with Crippen LogP contribution in [0.3, 0.4) is 0 Å². The molecule has 0 saturated heterocycles. The van der Waals surface area contributed by atoms with E-state index >= 15 is 0 Å². The van der Waals surface area contributed by atoms with E-state index in [1.54, 1.807) is 0 Å². The molecule has 0 aromatic carbocycles. The number of nitrogens with zero attached hydrogens (tertiary/aromatic N) is 1. The number of nitrogens with one attached hydrogen (secondary N) is 2. The Hall–Kier alpha value is -1.14. The van der Waals surface area contributed by atoms with E-state index in [0.29, 0.717) is 6.54 Å². The van der Waals surface area contributed by atoms with Crippen LogP contribution in [-0.2, 0) is 9.59 Å². The van der Waals surface area contributed by atoms with Crippen molar-refractivity contribution in [2.45, 2.75) is 20.3 Å². The molecule has 0 fully saturated rings. The van der Waals surface area contributed by atoms with Gasteiger partial charge in [0.2, 0.25) is 11.8 Å². The van der Waals surface area contributed by atoms with Crippen molar-refractivity contribution in [1.82, 2.24) is 15.5 Å². The van der Waals surface area contributed by atoms with Crippen LogP contribution >= 0.6 is 0 Å². The largest absolute Gasteiger partial charge is 0.353 e. The van der Waals surface area contributed by atoms with Crippen LogP contribution in [0.4, 0.5) is 0 Å². The van der Waals surface area contributed by atoms with Gasteiger partial charge in [0.25, 0.3) is 0 Å². The summed E-state index contributed by atoms with van der Waals surface area (Å²) < 4.78 is 0. The second kappa shape index (κ2) is 10.0. The summed E-state index contributed by atoms with van der Waals surface area (Å²) in [6.07, 6.45) is 1.11. The molecule has 0 rings (SSSR count). The Morgan fingerprint density at radius 3 is 2.35 bits per heavy atom. The second-order valence-electron chi connectivity index (χ2n) is 3.77. The number of hydrogen-bond donors (Lipinski definition) is 3. The predicted octanol–water partition coefficient (Wildman–Crippen LogP) is -1.09. The minimum absolute atomic E-state index is 0.00403. The highest BCUT2D eigenvalue weighted by molar-refractivity contribution is 5.85. The first-order chi connectivity index (χ1) is 8.13. The summed E-state index contributed by atoms with van der Waals surface area (Å²) in [6.45, 7) is 7.59. The number of rotatable bonds is 9. The van der Waals surface area contributed by atoms with Gasteiger partial charge in [0.05, 0.1) is 13.1 Å². The molecule has 0 heterocycles. The average Bonchev–Trinajstić information content (AvgIpc) is 2.34. The summed E-state index contributed by atoms with van der Waals surface area (Å²) in [5.41, 5.74) is 5.10. The molecule has 2 amide bonds. The van der Waals surface area contributed by atoms with Crippen LogP contribution in [0.5, 0.6) is 0 Å². The van der Waals surface area contributed by atoms with Crippen LogP contribution in [0, 0.1) is 0 Å². The van der Waals surface area contributed by atoms with Gasteiger partial charge in [-0.2, -0.15) is 0 Å². The fraction of sp³-hybridized carbons (Fsp3) is 0.818.